The molecule has 0 unspecified atom stereocenters. The molecule has 0 radical (unpaired) electrons. The van der Waals surface area contributed by atoms with Crippen LogP contribution in [0.3, 0.4) is 0 Å². The second-order valence-corrected chi connectivity index (χ2v) is 8.11. The van der Waals surface area contributed by atoms with Gasteiger partial charge in [0.2, 0.25) is 11.8 Å². The van der Waals surface area contributed by atoms with Crippen molar-refractivity contribution in [3.63, 3.8) is 0 Å². The van der Waals surface area contributed by atoms with E-state index in [-0.39, 0.29) is 24.3 Å². The third kappa shape index (κ3) is 6.39. The molecule has 2 fully saturated rings. The van der Waals surface area contributed by atoms with Gasteiger partial charge in [-0.25, -0.2) is 9.78 Å². The zero-order valence-electron chi connectivity index (χ0n) is 16.1. The molecule has 2 aliphatic heterocycles. The summed E-state index contributed by atoms with van der Waals surface area (Å²) in [5, 5.41) is 10.2. The number of aliphatic carboxylic acids is 1. The predicted molar refractivity (Wildman–Crippen MR) is 98.0 cm³/mol. The van der Waals surface area contributed by atoms with Crippen molar-refractivity contribution in [2.75, 3.05) is 40.3 Å². The minimum Gasteiger partial charge on any atom is -0.475 e. The predicted octanol–water partition coefficient (Wildman–Crippen LogP) is 1.14. The van der Waals surface area contributed by atoms with E-state index in [0.29, 0.717) is 12.5 Å². The Bertz CT molecular complexity index is 727. The fourth-order valence-corrected chi connectivity index (χ4v) is 3.97. The zero-order valence-corrected chi connectivity index (χ0v) is 16.9. The molecule has 2 aliphatic rings. The Kier molecular flexibility index (Phi) is 7.58. The van der Waals surface area contributed by atoms with Gasteiger partial charge in [-0.05, 0) is 12.3 Å². The molecular weight excluding hydrogens is 413 g/mol. The van der Waals surface area contributed by atoms with E-state index in [0.717, 1.165) is 31.1 Å². The van der Waals surface area contributed by atoms with Crippen LogP contribution in [-0.4, -0.2) is 89.0 Å². The molecule has 0 aliphatic carbocycles. The van der Waals surface area contributed by atoms with Crippen LogP contribution < -0.4 is 0 Å². The molecule has 3 heterocycles. The number of thiazole rings is 1. The summed E-state index contributed by atoms with van der Waals surface area (Å²) in [7, 11) is 3.45. The molecule has 1 aromatic heterocycles. The van der Waals surface area contributed by atoms with E-state index in [1.54, 1.807) is 35.2 Å². The first-order valence-electron chi connectivity index (χ1n) is 8.88. The summed E-state index contributed by atoms with van der Waals surface area (Å²) in [4.78, 5) is 43.3. The Morgan fingerprint density at radius 1 is 1.34 bits per heavy atom. The third-order valence-electron chi connectivity index (χ3n) is 4.83. The maximum absolute atomic E-state index is 12.6. The van der Waals surface area contributed by atoms with Crippen molar-refractivity contribution in [3.8, 4) is 0 Å². The van der Waals surface area contributed by atoms with Crippen molar-refractivity contribution < 1.29 is 32.7 Å². The largest absolute Gasteiger partial charge is 0.490 e. The van der Waals surface area contributed by atoms with Gasteiger partial charge in [0.05, 0.1) is 19.0 Å². The number of amides is 2. The summed E-state index contributed by atoms with van der Waals surface area (Å²) in [6.45, 7) is 3.49. The van der Waals surface area contributed by atoms with Crippen LogP contribution in [0.4, 0.5) is 13.2 Å². The van der Waals surface area contributed by atoms with Gasteiger partial charge in [-0.15, -0.1) is 11.3 Å². The highest BCUT2D eigenvalue weighted by Gasteiger charge is 2.43. The Labute approximate surface area is 169 Å². The Balaban J connectivity index is 0.000000370. The summed E-state index contributed by atoms with van der Waals surface area (Å²) in [6, 6.07) is 0. The lowest BCUT2D eigenvalue weighted by atomic mass is 9.88. The van der Waals surface area contributed by atoms with Crippen LogP contribution in [0.5, 0.6) is 0 Å². The number of hydrogen-bond donors (Lipinski definition) is 1. The quantitative estimate of drug-likeness (QED) is 0.761. The molecule has 2 atom stereocenters. The molecule has 162 valence electrons. The van der Waals surface area contributed by atoms with Crippen molar-refractivity contribution in [1.29, 1.82) is 0 Å². The summed E-state index contributed by atoms with van der Waals surface area (Å²) in [5.41, 5.74) is 0. The van der Waals surface area contributed by atoms with Crippen LogP contribution in [0.25, 0.3) is 0 Å². The second-order valence-electron chi connectivity index (χ2n) is 7.13. The number of aromatic nitrogens is 1. The molecule has 2 amide bonds. The number of rotatable bonds is 4. The number of halogens is 3. The van der Waals surface area contributed by atoms with Crippen LogP contribution in [0.1, 0.15) is 11.4 Å². The second kappa shape index (κ2) is 9.53. The van der Waals surface area contributed by atoms with E-state index in [2.05, 4.69) is 9.88 Å². The lowest BCUT2D eigenvalue weighted by Gasteiger charge is -2.34. The van der Waals surface area contributed by atoms with Gasteiger partial charge in [-0.1, -0.05) is 0 Å². The first kappa shape index (κ1) is 23.1. The minimum absolute atomic E-state index is 0.00978. The number of piperidine rings is 1. The zero-order chi connectivity index (χ0) is 21.8. The number of carboxylic acids is 1. The minimum atomic E-state index is -5.08. The molecule has 12 heteroatoms. The molecule has 8 nitrogen and oxygen atoms in total. The molecule has 1 aromatic rings. The number of hydrogen-bond acceptors (Lipinski definition) is 6. The molecule has 2 saturated heterocycles. The fraction of sp³-hybridized carbons (Fsp3) is 0.647. The van der Waals surface area contributed by atoms with Crippen LogP contribution >= 0.6 is 11.3 Å². The molecule has 29 heavy (non-hydrogen) atoms. The highest BCUT2D eigenvalue weighted by Crippen LogP contribution is 2.33. The molecular formula is C17H23F3N4O4S. The maximum atomic E-state index is 12.6. The van der Waals surface area contributed by atoms with Gasteiger partial charge < -0.3 is 14.9 Å². The van der Waals surface area contributed by atoms with Crippen molar-refractivity contribution in [3.05, 3.63) is 16.6 Å². The number of carbonyl (C=O) groups excluding carboxylic acids is 2. The Morgan fingerprint density at radius 3 is 2.52 bits per heavy atom. The molecule has 3 rings (SSSR count). The molecule has 0 aromatic carbocycles. The topological polar surface area (TPSA) is 94.1 Å². The van der Waals surface area contributed by atoms with Crippen LogP contribution in [-0.2, 0) is 20.9 Å². The maximum Gasteiger partial charge on any atom is 0.490 e. The van der Waals surface area contributed by atoms with E-state index in [4.69, 9.17) is 9.90 Å². The smallest absolute Gasteiger partial charge is 0.475 e. The lowest BCUT2D eigenvalue weighted by Crippen LogP contribution is -2.49. The number of carboxylic acid groups (broad SMARTS) is 1. The van der Waals surface area contributed by atoms with Crippen molar-refractivity contribution in [2.45, 2.75) is 19.1 Å². The average Bonchev–Trinajstić information content (AvgIpc) is 3.27. The summed E-state index contributed by atoms with van der Waals surface area (Å²) in [5.74, 6) is -2.15. The van der Waals surface area contributed by atoms with E-state index < -0.39 is 12.1 Å². The van der Waals surface area contributed by atoms with Gasteiger partial charge in [0.1, 0.15) is 5.01 Å². The molecule has 0 spiro atoms. The summed E-state index contributed by atoms with van der Waals surface area (Å²) >= 11 is 1.66. The molecule has 0 bridgehead atoms. The molecule has 1 N–H and O–H groups in total. The number of carbonyl (C=O) groups is 3. The number of fused-ring (bicyclic) bond motifs is 1. The lowest BCUT2D eigenvalue weighted by molar-refractivity contribution is -0.192. The number of nitrogens with zero attached hydrogens (tertiary/aromatic N) is 4. The van der Waals surface area contributed by atoms with Gasteiger partial charge in [0.15, 0.2) is 0 Å². The van der Waals surface area contributed by atoms with E-state index >= 15 is 0 Å². The van der Waals surface area contributed by atoms with Gasteiger partial charge in [-0.3, -0.25) is 14.5 Å². The van der Waals surface area contributed by atoms with E-state index in [9.17, 15) is 22.8 Å². The average molecular weight is 436 g/mol. The van der Waals surface area contributed by atoms with Crippen LogP contribution in [0.15, 0.2) is 11.6 Å². The van der Waals surface area contributed by atoms with Crippen LogP contribution in [0, 0.1) is 11.8 Å². The monoisotopic (exact) mass is 436 g/mol. The number of likely N-dealkylation sites (tertiary alicyclic amines) is 2. The van der Waals surface area contributed by atoms with Gasteiger partial charge >= 0.3 is 12.1 Å². The third-order valence-corrected chi connectivity index (χ3v) is 5.59. The highest BCUT2D eigenvalue weighted by atomic mass is 32.1. The van der Waals surface area contributed by atoms with Gasteiger partial charge in [0, 0.05) is 45.3 Å². The Hall–Kier alpha value is -2.21. The first-order valence-corrected chi connectivity index (χ1v) is 9.76. The van der Waals surface area contributed by atoms with Crippen molar-refractivity contribution >= 4 is 29.1 Å². The van der Waals surface area contributed by atoms with E-state index in [1.165, 1.54) is 0 Å². The number of likely N-dealkylation sites (N-methyl/N-ethyl adjacent to an activating group) is 1. The normalized spacial score (nSPS) is 22.0. The Morgan fingerprint density at radius 2 is 2.00 bits per heavy atom. The number of alkyl halides is 3. The van der Waals surface area contributed by atoms with Gasteiger partial charge in [-0.2, -0.15) is 13.2 Å². The van der Waals surface area contributed by atoms with E-state index in [1.807, 2.05) is 11.6 Å². The van der Waals surface area contributed by atoms with Crippen molar-refractivity contribution in [1.82, 2.24) is 19.7 Å². The van der Waals surface area contributed by atoms with Crippen LogP contribution in [0.2, 0.25) is 0 Å². The molecule has 0 saturated carbocycles. The van der Waals surface area contributed by atoms with Crippen molar-refractivity contribution in [2.24, 2.45) is 11.8 Å². The highest BCUT2D eigenvalue weighted by molar-refractivity contribution is 7.09. The SMILES string of the molecule is CN(C)C(=O)CN1CC[C@H]2CN(Cc3nccs3)C[C@@H]2C1=O.O=C(O)C(F)(F)F. The fourth-order valence-electron chi connectivity index (χ4n) is 3.31. The summed E-state index contributed by atoms with van der Waals surface area (Å²) in [6.07, 6.45) is -2.27. The summed E-state index contributed by atoms with van der Waals surface area (Å²) < 4.78 is 31.7. The first-order chi connectivity index (χ1) is 13.5. The standard InChI is InChI=1S/C15H22N4O2S.C2HF3O2/c1-17(2)14(20)10-19-5-3-11-7-18(8-12(11)15(19)21)9-13-16-4-6-22-13;3-2(4,5)1(6)7/h4,6,11-12H,3,5,7-10H2,1-2H3;(H,6,7)/t11-,12-;/m0./s1. The van der Waals surface area contributed by atoms with Gasteiger partial charge in [0.25, 0.3) is 0 Å².